The standard InChI is InChI=1S/C26H52O6Si4/c1-27-33(7,18-35(9,29-3)30-4)26-16-21-13-23(24(26)14-21)17-36(31-5,32-6)19-34(8,28-2)25-15-20-10-11-22(25)12-20/h10-11,20-26H,12-19H2,1-9H3. The summed E-state index contributed by atoms with van der Waals surface area (Å²) in [5, 5.41) is 0. The summed E-state index contributed by atoms with van der Waals surface area (Å²) in [5.74, 6) is 3.64. The first kappa shape index (κ1) is 29.4. The van der Waals surface area contributed by atoms with Crippen LogP contribution in [0.1, 0.15) is 32.1 Å². The van der Waals surface area contributed by atoms with E-state index in [0.29, 0.717) is 28.8 Å². The van der Waals surface area contributed by atoms with Gasteiger partial charge in [0, 0.05) is 54.0 Å². The molecule has 6 nitrogen and oxygen atoms in total. The molecular formula is C26H52O6Si4. The third kappa shape index (κ3) is 5.38. The smallest absolute Gasteiger partial charge is 0.337 e. The van der Waals surface area contributed by atoms with E-state index in [1.54, 1.807) is 0 Å². The van der Waals surface area contributed by atoms with Gasteiger partial charge in [-0.3, -0.25) is 0 Å². The van der Waals surface area contributed by atoms with Gasteiger partial charge in [0.15, 0.2) is 16.6 Å². The van der Waals surface area contributed by atoms with E-state index in [9.17, 15) is 0 Å². The first-order valence-corrected chi connectivity index (χ1v) is 24.1. The molecule has 0 saturated heterocycles. The molecule has 36 heavy (non-hydrogen) atoms. The van der Waals surface area contributed by atoms with Crippen LogP contribution in [-0.4, -0.2) is 76.4 Å². The molecular weight excluding hydrogens is 521 g/mol. The predicted octanol–water partition coefficient (Wildman–Crippen LogP) is 5.99. The van der Waals surface area contributed by atoms with Crippen molar-refractivity contribution in [3.8, 4) is 0 Å². The summed E-state index contributed by atoms with van der Waals surface area (Å²) in [6.45, 7) is 7.09. The first-order chi connectivity index (χ1) is 17.0. The summed E-state index contributed by atoms with van der Waals surface area (Å²) in [5.41, 5.74) is 3.39. The van der Waals surface area contributed by atoms with E-state index in [4.69, 9.17) is 26.6 Å². The molecule has 10 heteroatoms. The fourth-order valence-electron chi connectivity index (χ4n) is 8.89. The molecule has 3 fully saturated rings. The summed E-state index contributed by atoms with van der Waals surface area (Å²) >= 11 is 0. The molecule has 4 aliphatic rings. The second-order valence-corrected chi connectivity index (χ2v) is 29.5. The predicted molar refractivity (Wildman–Crippen MR) is 154 cm³/mol. The Hall–Kier alpha value is 0.368. The van der Waals surface area contributed by atoms with Gasteiger partial charge < -0.3 is 26.6 Å². The van der Waals surface area contributed by atoms with Gasteiger partial charge in [-0.1, -0.05) is 12.2 Å². The zero-order valence-electron chi connectivity index (χ0n) is 24.3. The molecule has 4 bridgehead atoms. The number of hydrogen-bond donors (Lipinski definition) is 0. The fraction of sp³-hybridized carbons (Fsp3) is 0.923. The van der Waals surface area contributed by atoms with Crippen LogP contribution >= 0.6 is 0 Å². The molecule has 0 radical (unpaired) electrons. The molecule has 0 amide bonds. The van der Waals surface area contributed by atoms with Crippen LogP contribution in [0.5, 0.6) is 0 Å². The highest BCUT2D eigenvalue weighted by Crippen LogP contribution is 2.61. The van der Waals surface area contributed by atoms with E-state index in [1.165, 1.54) is 32.1 Å². The Morgan fingerprint density at radius 1 is 0.639 bits per heavy atom. The maximum Gasteiger partial charge on any atom is 0.337 e. The highest BCUT2D eigenvalue weighted by atomic mass is 28.4. The Labute approximate surface area is 224 Å². The average molecular weight is 573 g/mol. The van der Waals surface area contributed by atoms with Crippen LogP contribution in [-0.2, 0) is 26.6 Å². The molecule has 0 aromatic carbocycles. The van der Waals surface area contributed by atoms with Crippen molar-refractivity contribution in [3.63, 3.8) is 0 Å². The van der Waals surface area contributed by atoms with Crippen molar-refractivity contribution in [1.29, 1.82) is 0 Å². The van der Waals surface area contributed by atoms with Gasteiger partial charge in [0.25, 0.3) is 0 Å². The zero-order valence-corrected chi connectivity index (χ0v) is 28.3. The third-order valence-electron chi connectivity index (χ3n) is 11.2. The minimum Gasteiger partial charge on any atom is -0.420 e. The molecule has 3 saturated carbocycles. The molecule has 0 N–H and O–H groups in total. The van der Waals surface area contributed by atoms with Crippen molar-refractivity contribution in [1.82, 2.24) is 0 Å². The van der Waals surface area contributed by atoms with Crippen LogP contribution in [0.3, 0.4) is 0 Å². The molecule has 0 aliphatic heterocycles. The first-order valence-electron chi connectivity index (χ1n) is 14.0. The molecule has 208 valence electrons. The second kappa shape index (κ2) is 11.1. The molecule has 0 spiro atoms. The molecule has 4 aliphatic carbocycles. The summed E-state index contributed by atoms with van der Waals surface area (Å²) in [6.07, 6.45) is 11.5. The molecule has 0 aromatic rings. The number of rotatable bonds is 14. The van der Waals surface area contributed by atoms with Gasteiger partial charge in [-0.2, -0.15) is 0 Å². The lowest BCUT2D eigenvalue weighted by Crippen LogP contribution is -2.55. The minimum absolute atomic E-state index is 0.658. The average Bonchev–Trinajstić information content (AvgIpc) is 3.69. The quantitative estimate of drug-likeness (QED) is 0.188. The van der Waals surface area contributed by atoms with Crippen molar-refractivity contribution >= 4 is 33.8 Å². The van der Waals surface area contributed by atoms with Crippen LogP contribution in [0.4, 0.5) is 0 Å². The molecule has 0 aromatic heterocycles. The van der Waals surface area contributed by atoms with Crippen molar-refractivity contribution in [2.75, 3.05) is 42.7 Å². The van der Waals surface area contributed by atoms with Gasteiger partial charge in [0.05, 0.1) is 0 Å². The lowest BCUT2D eigenvalue weighted by Gasteiger charge is -2.45. The highest BCUT2D eigenvalue weighted by Gasteiger charge is 2.60. The summed E-state index contributed by atoms with van der Waals surface area (Å²) < 4.78 is 37.7. The Bertz CT molecular complexity index is 792. The minimum atomic E-state index is -2.41. The van der Waals surface area contributed by atoms with Crippen LogP contribution in [0.2, 0.25) is 48.1 Å². The monoisotopic (exact) mass is 572 g/mol. The van der Waals surface area contributed by atoms with Crippen LogP contribution in [0, 0.1) is 29.6 Å². The SMILES string of the molecule is CO[Si](C)(C[Si](C)(OC)C1CC2CC(C[Si](C[Si](C)(OC)C3CC4C=CC3C4)(OC)OC)C1C2)OC. The Kier molecular flexibility index (Phi) is 9.04. The molecule has 0 heterocycles. The topological polar surface area (TPSA) is 55.4 Å². The van der Waals surface area contributed by atoms with Gasteiger partial charge >= 0.3 is 17.1 Å². The number of allylic oxidation sites excluding steroid dienone is 2. The Balaban J connectivity index is 1.52. The van der Waals surface area contributed by atoms with Gasteiger partial charge in [0.1, 0.15) is 0 Å². The Morgan fingerprint density at radius 2 is 1.28 bits per heavy atom. The lowest BCUT2D eigenvalue weighted by atomic mass is 9.90. The molecule has 4 rings (SSSR count). The van der Waals surface area contributed by atoms with Crippen molar-refractivity contribution in [2.24, 2.45) is 29.6 Å². The van der Waals surface area contributed by atoms with Crippen LogP contribution in [0.15, 0.2) is 12.2 Å². The molecule has 9 unspecified atom stereocenters. The normalized spacial score (nSPS) is 37.0. The summed E-state index contributed by atoms with van der Waals surface area (Å²) in [7, 11) is 2.70. The van der Waals surface area contributed by atoms with Gasteiger partial charge in [-0.05, 0) is 98.5 Å². The van der Waals surface area contributed by atoms with E-state index in [0.717, 1.165) is 29.2 Å². The van der Waals surface area contributed by atoms with Crippen molar-refractivity contribution in [2.45, 2.75) is 80.2 Å². The van der Waals surface area contributed by atoms with E-state index in [2.05, 4.69) is 31.8 Å². The number of hydrogen-bond acceptors (Lipinski definition) is 6. The lowest BCUT2D eigenvalue weighted by molar-refractivity contribution is 0.218. The maximum atomic E-state index is 6.48. The summed E-state index contributed by atoms with van der Waals surface area (Å²) in [4.78, 5) is 0. The molecule has 9 atom stereocenters. The number of fused-ring (bicyclic) bond motifs is 4. The largest absolute Gasteiger partial charge is 0.420 e. The van der Waals surface area contributed by atoms with Gasteiger partial charge in [-0.15, -0.1) is 0 Å². The van der Waals surface area contributed by atoms with Crippen LogP contribution in [0.25, 0.3) is 0 Å². The summed E-state index contributed by atoms with van der Waals surface area (Å²) in [6, 6.07) is 1.09. The van der Waals surface area contributed by atoms with Crippen molar-refractivity contribution in [3.05, 3.63) is 12.2 Å². The van der Waals surface area contributed by atoms with Gasteiger partial charge in [0.2, 0.25) is 0 Å². The van der Waals surface area contributed by atoms with E-state index >= 15 is 0 Å². The van der Waals surface area contributed by atoms with E-state index < -0.39 is 33.8 Å². The van der Waals surface area contributed by atoms with E-state index in [-0.39, 0.29) is 0 Å². The maximum absolute atomic E-state index is 6.48. The zero-order chi connectivity index (χ0) is 26.4. The van der Waals surface area contributed by atoms with E-state index in [1.807, 2.05) is 42.7 Å². The van der Waals surface area contributed by atoms with Crippen molar-refractivity contribution < 1.29 is 26.6 Å². The fourth-order valence-corrected chi connectivity index (χ4v) is 31.0. The van der Waals surface area contributed by atoms with Gasteiger partial charge in [-0.25, -0.2) is 0 Å². The second-order valence-electron chi connectivity index (χ2n) is 12.9. The highest BCUT2D eigenvalue weighted by molar-refractivity contribution is 6.90. The third-order valence-corrected chi connectivity index (χ3v) is 32.2. The Morgan fingerprint density at radius 3 is 1.75 bits per heavy atom. The van der Waals surface area contributed by atoms with Crippen LogP contribution < -0.4 is 0 Å².